The lowest BCUT2D eigenvalue weighted by Crippen LogP contribution is -2.42. The molecule has 0 heterocycles. The van der Waals surface area contributed by atoms with Gasteiger partial charge in [-0.3, -0.25) is 14.4 Å². The third kappa shape index (κ3) is 4.28. The molecule has 118 valence electrons. The van der Waals surface area contributed by atoms with E-state index in [4.69, 9.17) is 5.73 Å². The molecule has 0 saturated heterocycles. The molecule has 2 rings (SSSR count). The highest BCUT2D eigenvalue weighted by Gasteiger charge is 2.26. The van der Waals surface area contributed by atoms with E-state index in [0.29, 0.717) is 11.4 Å². The number of carbonyl (C=O) groups is 3. The number of imide groups is 1. The fraction of sp³-hybridized carbons (Fsp3) is 0.0625. The molecule has 0 bridgehead atoms. The highest BCUT2D eigenvalue weighted by molar-refractivity contribution is 14.1. The fourth-order valence-corrected chi connectivity index (χ4v) is 2.24. The summed E-state index contributed by atoms with van der Waals surface area (Å²) < 4.78 is 0.999. The van der Waals surface area contributed by atoms with Crippen LogP contribution in [0.4, 0.5) is 17.1 Å². The van der Waals surface area contributed by atoms with E-state index in [2.05, 4.69) is 27.9 Å². The maximum absolute atomic E-state index is 12.3. The summed E-state index contributed by atoms with van der Waals surface area (Å²) in [6.07, 6.45) is 0. The SMILES string of the molecule is CC(=O)N(C(=O)C(=O)Nc1ccc(I)cc1)c1ccc(N)cc1. The Labute approximate surface area is 146 Å². The first-order valence-electron chi connectivity index (χ1n) is 6.65. The summed E-state index contributed by atoms with van der Waals surface area (Å²) in [4.78, 5) is 37.0. The lowest BCUT2D eigenvalue weighted by atomic mass is 10.2. The molecule has 6 nitrogen and oxygen atoms in total. The summed E-state index contributed by atoms with van der Waals surface area (Å²) in [6.45, 7) is 1.21. The number of amides is 3. The topological polar surface area (TPSA) is 92.5 Å². The number of nitrogens with two attached hydrogens (primary N) is 1. The Morgan fingerprint density at radius 1 is 1.00 bits per heavy atom. The van der Waals surface area contributed by atoms with Gasteiger partial charge in [0.05, 0.1) is 5.69 Å². The van der Waals surface area contributed by atoms with Crippen LogP contribution >= 0.6 is 22.6 Å². The zero-order valence-corrected chi connectivity index (χ0v) is 14.4. The Hall–Kier alpha value is -2.42. The smallest absolute Gasteiger partial charge is 0.323 e. The minimum absolute atomic E-state index is 0.287. The summed E-state index contributed by atoms with van der Waals surface area (Å²) >= 11 is 2.13. The van der Waals surface area contributed by atoms with Crippen LogP contribution in [-0.2, 0) is 14.4 Å². The van der Waals surface area contributed by atoms with Gasteiger partial charge in [-0.1, -0.05) is 0 Å². The number of halogens is 1. The number of rotatable bonds is 2. The normalized spacial score (nSPS) is 10.0. The van der Waals surface area contributed by atoms with Crippen molar-refractivity contribution >= 4 is 57.4 Å². The number of hydrogen-bond donors (Lipinski definition) is 2. The Kier molecular flexibility index (Phi) is 5.32. The highest BCUT2D eigenvalue weighted by Crippen LogP contribution is 2.18. The van der Waals surface area contributed by atoms with Gasteiger partial charge < -0.3 is 11.1 Å². The van der Waals surface area contributed by atoms with Gasteiger partial charge in [0, 0.05) is 21.9 Å². The van der Waals surface area contributed by atoms with Crippen molar-refractivity contribution in [1.82, 2.24) is 0 Å². The first kappa shape index (κ1) is 16.9. The van der Waals surface area contributed by atoms with Crippen molar-refractivity contribution in [2.45, 2.75) is 6.92 Å². The molecule has 0 aromatic heterocycles. The first-order valence-corrected chi connectivity index (χ1v) is 7.73. The molecule has 2 aromatic rings. The fourth-order valence-electron chi connectivity index (χ4n) is 1.88. The molecule has 0 atom stereocenters. The maximum Gasteiger partial charge on any atom is 0.323 e. The van der Waals surface area contributed by atoms with Crippen LogP contribution in [0.5, 0.6) is 0 Å². The summed E-state index contributed by atoms with van der Waals surface area (Å²) in [6, 6.07) is 13.1. The van der Waals surface area contributed by atoms with Crippen LogP contribution in [0.1, 0.15) is 6.92 Å². The van der Waals surface area contributed by atoms with Crippen molar-refractivity contribution in [3.8, 4) is 0 Å². The average Bonchev–Trinajstić information content (AvgIpc) is 2.51. The molecule has 2 aromatic carbocycles. The van der Waals surface area contributed by atoms with E-state index in [1.54, 1.807) is 36.4 Å². The zero-order chi connectivity index (χ0) is 17.0. The molecule has 0 fully saturated rings. The van der Waals surface area contributed by atoms with Gasteiger partial charge in [-0.2, -0.15) is 0 Å². The third-order valence-electron chi connectivity index (χ3n) is 2.97. The van der Waals surface area contributed by atoms with Crippen LogP contribution in [-0.4, -0.2) is 17.7 Å². The molecule has 7 heteroatoms. The van der Waals surface area contributed by atoms with E-state index in [0.717, 1.165) is 8.47 Å². The Morgan fingerprint density at radius 2 is 1.57 bits per heavy atom. The predicted molar refractivity (Wildman–Crippen MR) is 96.8 cm³/mol. The second kappa shape index (κ2) is 7.23. The molecule has 0 unspecified atom stereocenters. The molecular weight excluding hydrogens is 409 g/mol. The van der Waals surface area contributed by atoms with Crippen molar-refractivity contribution < 1.29 is 14.4 Å². The van der Waals surface area contributed by atoms with Gasteiger partial charge in [0.25, 0.3) is 0 Å². The number of nitrogens with zero attached hydrogens (tertiary/aromatic N) is 1. The monoisotopic (exact) mass is 423 g/mol. The molecule has 23 heavy (non-hydrogen) atoms. The number of benzene rings is 2. The van der Waals surface area contributed by atoms with E-state index in [9.17, 15) is 14.4 Å². The zero-order valence-electron chi connectivity index (χ0n) is 12.2. The van der Waals surface area contributed by atoms with Crippen molar-refractivity contribution in [2.24, 2.45) is 0 Å². The molecule has 0 radical (unpaired) electrons. The predicted octanol–water partition coefficient (Wildman–Crippen LogP) is 2.39. The van der Waals surface area contributed by atoms with Crippen LogP contribution < -0.4 is 16.0 Å². The van der Waals surface area contributed by atoms with Crippen LogP contribution in [0.25, 0.3) is 0 Å². The number of anilines is 3. The molecule has 0 aliphatic heterocycles. The van der Waals surface area contributed by atoms with Gasteiger partial charge >= 0.3 is 11.8 Å². The summed E-state index contributed by atoms with van der Waals surface area (Å²) in [5, 5.41) is 2.48. The lowest BCUT2D eigenvalue weighted by molar-refractivity contribution is -0.136. The largest absolute Gasteiger partial charge is 0.399 e. The van der Waals surface area contributed by atoms with E-state index in [-0.39, 0.29) is 5.69 Å². The Bertz CT molecular complexity index is 742. The van der Waals surface area contributed by atoms with Gasteiger partial charge in [0.2, 0.25) is 5.91 Å². The minimum Gasteiger partial charge on any atom is -0.399 e. The molecule has 3 N–H and O–H groups in total. The number of carbonyl (C=O) groups excluding carboxylic acids is 3. The first-order chi connectivity index (χ1) is 10.9. The highest BCUT2D eigenvalue weighted by atomic mass is 127. The van der Waals surface area contributed by atoms with Gasteiger partial charge in [0.1, 0.15) is 0 Å². The molecule has 0 aliphatic carbocycles. The lowest BCUT2D eigenvalue weighted by Gasteiger charge is -2.18. The second-order valence-electron chi connectivity index (χ2n) is 4.71. The standard InChI is InChI=1S/C16H14IN3O3/c1-10(21)20(14-8-4-12(18)5-9-14)16(23)15(22)19-13-6-2-11(17)3-7-13/h2-9H,18H2,1H3,(H,19,22). The maximum atomic E-state index is 12.3. The molecule has 3 amide bonds. The van der Waals surface area contributed by atoms with Crippen LogP contribution in [0.15, 0.2) is 48.5 Å². The number of nitrogens with one attached hydrogen (secondary N) is 1. The van der Waals surface area contributed by atoms with Crippen LogP contribution in [0, 0.1) is 3.57 Å². The second-order valence-corrected chi connectivity index (χ2v) is 5.96. The molecule has 0 aliphatic rings. The van der Waals surface area contributed by atoms with Crippen LogP contribution in [0.3, 0.4) is 0 Å². The Morgan fingerprint density at radius 3 is 2.09 bits per heavy atom. The minimum atomic E-state index is -0.958. The van der Waals surface area contributed by atoms with E-state index >= 15 is 0 Å². The van der Waals surface area contributed by atoms with E-state index in [1.165, 1.54) is 19.1 Å². The summed E-state index contributed by atoms with van der Waals surface area (Å²) in [7, 11) is 0. The third-order valence-corrected chi connectivity index (χ3v) is 3.68. The van der Waals surface area contributed by atoms with Crippen molar-refractivity contribution in [3.63, 3.8) is 0 Å². The van der Waals surface area contributed by atoms with Crippen LogP contribution in [0.2, 0.25) is 0 Å². The molecule has 0 spiro atoms. The molecular formula is C16H14IN3O3. The van der Waals surface area contributed by atoms with Crippen molar-refractivity contribution in [1.29, 1.82) is 0 Å². The van der Waals surface area contributed by atoms with Crippen molar-refractivity contribution in [2.75, 3.05) is 16.0 Å². The van der Waals surface area contributed by atoms with E-state index in [1.807, 2.05) is 0 Å². The summed E-state index contributed by atoms with van der Waals surface area (Å²) in [5.74, 6) is -2.41. The van der Waals surface area contributed by atoms with Crippen molar-refractivity contribution in [3.05, 3.63) is 52.1 Å². The summed E-state index contributed by atoms with van der Waals surface area (Å²) in [5.41, 5.74) is 6.84. The van der Waals surface area contributed by atoms with Gasteiger partial charge in [-0.25, -0.2) is 4.90 Å². The molecule has 0 saturated carbocycles. The Balaban J connectivity index is 2.20. The van der Waals surface area contributed by atoms with E-state index < -0.39 is 17.7 Å². The number of hydrogen-bond acceptors (Lipinski definition) is 4. The number of nitrogen functional groups attached to an aromatic ring is 1. The van der Waals surface area contributed by atoms with Gasteiger partial charge in [0.15, 0.2) is 0 Å². The van der Waals surface area contributed by atoms with Gasteiger partial charge in [-0.05, 0) is 71.1 Å². The average molecular weight is 423 g/mol. The van der Waals surface area contributed by atoms with Gasteiger partial charge in [-0.15, -0.1) is 0 Å². The quantitative estimate of drug-likeness (QED) is 0.441.